The molecule has 2 saturated heterocycles. The van der Waals surface area contributed by atoms with Crippen LogP contribution >= 0.6 is 0 Å². The second-order valence-electron chi connectivity index (χ2n) is 2.45. The average Bonchev–Trinajstić information content (AvgIpc) is 2.17. The third-order valence-corrected chi connectivity index (χ3v) is 3.96. The molecular formula is C4H6O5S2. The molecule has 2 rings (SSSR count). The van der Waals surface area contributed by atoms with Crippen LogP contribution in [0.3, 0.4) is 0 Å². The van der Waals surface area contributed by atoms with E-state index in [1.165, 1.54) is 0 Å². The van der Waals surface area contributed by atoms with E-state index >= 15 is 0 Å². The Hall–Kier alpha value is 0.0200. The molecular weight excluding hydrogens is 192 g/mol. The second kappa shape index (κ2) is 2.25. The van der Waals surface area contributed by atoms with Crippen molar-refractivity contribution in [3.8, 4) is 0 Å². The van der Waals surface area contributed by atoms with Gasteiger partial charge >= 0.3 is 10.4 Å². The third kappa shape index (κ3) is 1.33. The SMILES string of the molecule is O=S1CC2OS(=O)(=O)OC2C1. The maximum atomic E-state index is 10.8. The third-order valence-electron chi connectivity index (χ3n) is 1.60. The van der Waals surface area contributed by atoms with Crippen molar-refractivity contribution in [2.24, 2.45) is 0 Å². The molecule has 2 unspecified atom stereocenters. The van der Waals surface area contributed by atoms with Crippen molar-refractivity contribution >= 4 is 21.2 Å². The normalized spacial score (nSPS) is 47.5. The van der Waals surface area contributed by atoms with Crippen molar-refractivity contribution in [3.05, 3.63) is 0 Å². The van der Waals surface area contributed by atoms with Crippen molar-refractivity contribution in [1.29, 1.82) is 0 Å². The highest BCUT2D eigenvalue weighted by molar-refractivity contribution is 7.86. The van der Waals surface area contributed by atoms with Crippen molar-refractivity contribution < 1.29 is 21.0 Å². The summed E-state index contributed by atoms with van der Waals surface area (Å²) in [5.74, 6) is 0.536. The summed E-state index contributed by atoms with van der Waals surface area (Å²) in [5, 5.41) is 0. The molecule has 0 N–H and O–H groups in total. The van der Waals surface area contributed by atoms with Crippen LogP contribution in [0.2, 0.25) is 0 Å². The van der Waals surface area contributed by atoms with Gasteiger partial charge < -0.3 is 0 Å². The quantitative estimate of drug-likeness (QED) is 0.488. The molecule has 7 heteroatoms. The number of rotatable bonds is 0. The maximum Gasteiger partial charge on any atom is 0.400 e. The van der Waals surface area contributed by atoms with E-state index in [4.69, 9.17) is 0 Å². The minimum Gasteiger partial charge on any atom is -0.259 e. The molecule has 0 amide bonds. The molecule has 64 valence electrons. The molecule has 0 aromatic rings. The molecule has 2 aliphatic rings. The molecule has 0 radical (unpaired) electrons. The lowest BCUT2D eigenvalue weighted by molar-refractivity contribution is 0.205. The summed E-state index contributed by atoms with van der Waals surface area (Å²) in [6.45, 7) is 0. The molecule has 0 aromatic heterocycles. The fraction of sp³-hybridized carbons (Fsp3) is 1.00. The summed E-state index contributed by atoms with van der Waals surface area (Å²) in [4.78, 5) is 0. The van der Waals surface area contributed by atoms with E-state index in [-0.39, 0.29) is 11.5 Å². The van der Waals surface area contributed by atoms with Gasteiger partial charge in [-0.15, -0.1) is 0 Å². The van der Waals surface area contributed by atoms with Gasteiger partial charge in [-0.2, -0.15) is 8.42 Å². The van der Waals surface area contributed by atoms with Crippen molar-refractivity contribution in [3.63, 3.8) is 0 Å². The fourth-order valence-corrected chi connectivity index (χ4v) is 3.80. The first-order chi connectivity index (χ1) is 5.07. The molecule has 2 atom stereocenters. The van der Waals surface area contributed by atoms with Crippen LogP contribution in [0.5, 0.6) is 0 Å². The maximum absolute atomic E-state index is 10.8. The predicted octanol–water partition coefficient (Wildman–Crippen LogP) is -1.22. The number of hydrogen-bond donors (Lipinski definition) is 0. The molecule has 0 bridgehead atoms. The molecule has 0 saturated carbocycles. The van der Waals surface area contributed by atoms with Crippen LogP contribution in [-0.2, 0) is 29.6 Å². The minimum atomic E-state index is -3.76. The van der Waals surface area contributed by atoms with Gasteiger partial charge in [0.1, 0.15) is 12.2 Å². The van der Waals surface area contributed by atoms with E-state index in [2.05, 4.69) is 8.37 Å². The van der Waals surface area contributed by atoms with Gasteiger partial charge in [0.2, 0.25) is 0 Å². The van der Waals surface area contributed by atoms with Crippen LogP contribution in [0.25, 0.3) is 0 Å². The minimum absolute atomic E-state index is 0.268. The van der Waals surface area contributed by atoms with E-state index in [1.54, 1.807) is 0 Å². The molecule has 0 aliphatic carbocycles. The standard InChI is InChI=1S/C4H6O5S2/c5-10-1-3-4(2-10)9-11(6,7)8-3/h3-4H,1-2H2. The summed E-state index contributed by atoms with van der Waals surface area (Å²) in [5.41, 5.74) is 0. The van der Waals surface area contributed by atoms with Gasteiger partial charge in [0.25, 0.3) is 0 Å². The zero-order chi connectivity index (χ0) is 8.06. The van der Waals surface area contributed by atoms with E-state index in [1.807, 2.05) is 0 Å². The van der Waals surface area contributed by atoms with Crippen LogP contribution in [0.1, 0.15) is 0 Å². The number of hydrogen-bond acceptors (Lipinski definition) is 5. The average molecular weight is 198 g/mol. The molecule has 2 heterocycles. The van der Waals surface area contributed by atoms with Gasteiger partial charge in [-0.3, -0.25) is 4.21 Å². The van der Waals surface area contributed by atoms with Gasteiger partial charge in [0, 0.05) is 10.8 Å². The second-order valence-corrected chi connectivity index (χ2v) is 5.20. The van der Waals surface area contributed by atoms with E-state index in [9.17, 15) is 12.6 Å². The van der Waals surface area contributed by atoms with Gasteiger partial charge in [-0.05, 0) is 0 Å². The Kier molecular flexibility index (Phi) is 1.57. The van der Waals surface area contributed by atoms with Crippen LogP contribution in [0.15, 0.2) is 0 Å². The Morgan fingerprint density at radius 1 is 1.18 bits per heavy atom. The Bertz CT molecular complexity index is 272. The van der Waals surface area contributed by atoms with Crippen molar-refractivity contribution in [1.82, 2.24) is 0 Å². The van der Waals surface area contributed by atoms with E-state index in [0.29, 0.717) is 0 Å². The lowest BCUT2D eigenvalue weighted by Crippen LogP contribution is -2.18. The van der Waals surface area contributed by atoms with Crippen LogP contribution in [-0.4, -0.2) is 36.3 Å². The molecule has 11 heavy (non-hydrogen) atoms. The van der Waals surface area contributed by atoms with Crippen LogP contribution in [0.4, 0.5) is 0 Å². The summed E-state index contributed by atoms with van der Waals surface area (Å²) in [6, 6.07) is 0. The molecule has 5 nitrogen and oxygen atoms in total. The van der Waals surface area contributed by atoms with Gasteiger partial charge in [0.05, 0.1) is 11.5 Å². The smallest absolute Gasteiger partial charge is 0.259 e. The first kappa shape index (κ1) is 7.66. The summed E-state index contributed by atoms with van der Waals surface area (Å²) < 4.78 is 41.0. The lowest BCUT2D eigenvalue weighted by atomic mass is 10.3. The Morgan fingerprint density at radius 3 is 2.09 bits per heavy atom. The zero-order valence-electron chi connectivity index (χ0n) is 5.43. The van der Waals surface area contributed by atoms with E-state index in [0.717, 1.165) is 0 Å². The highest BCUT2D eigenvalue weighted by Gasteiger charge is 2.46. The fourth-order valence-electron chi connectivity index (χ4n) is 1.15. The summed E-state index contributed by atoms with van der Waals surface area (Å²) in [7, 11) is -4.74. The summed E-state index contributed by atoms with van der Waals surface area (Å²) >= 11 is 0. The zero-order valence-corrected chi connectivity index (χ0v) is 7.06. The topological polar surface area (TPSA) is 69.7 Å². The highest BCUT2D eigenvalue weighted by atomic mass is 32.3. The first-order valence-corrected chi connectivity index (χ1v) is 5.85. The van der Waals surface area contributed by atoms with Gasteiger partial charge in [-0.25, -0.2) is 8.37 Å². The van der Waals surface area contributed by atoms with Crippen LogP contribution in [0, 0.1) is 0 Å². The van der Waals surface area contributed by atoms with Crippen molar-refractivity contribution in [2.75, 3.05) is 11.5 Å². The van der Waals surface area contributed by atoms with Crippen LogP contribution < -0.4 is 0 Å². The van der Waals surface area contributed by atoms with E-state index < -0.39 is 33.4 Å². The van der Waals surface area contributed by atoms with Crippen molar-refractivity contribution in [2.45, 2.75) is 12.2 Å². The highest BCUT2D eigenvalue weighted by Crippen LogP contribution is 2.26. The monoisotopic (exact) mass is 198 g/mol. The molecule has 0 aromatic carbocycles. The molecule has 2 fully saturated rings. The molecule has 0 spiro atoms. The summed E-state index contributed by atoms with van der Waals surface area (Å²) in [6.07, 6.45) is -1.03. The Balaban J connectivity index is 2.22. The lowest BCUT2D eigenvalue weighted by Gasteiger charge is -1.96. The Morgan fingerprint density at radius 2 is 1.64 bits per heavy atom. The molecule has 2 aliphatic heterocycles. The Labute approximate surface area is 66.5 Å². The predicted molar refractivity (Wildman–Crippen MR) is 36.5 cm³/mol. The largest absolute Gasteiger partial charge is 0.400 e. The number of fused-ring (bicyclic) bond motifs is 1. The van der Waals surface area contributed by atoms with Gasteiger partial charge in [0.15, 0.2) is 0 Å². The van der Waals surface area contributed by atoms with Gasteiger partial charge in [-0.1, -0.05) is 0 Å². The first-order valence-electron chi connectivity index (χ1n) is 3.03.